The van der Waals surface area contributed by atoms with Gasteiger partial charge in [0.25, 0.3) is 0 Å². The van der Waals surface area contributed by atoms with Gasteiger partial charge < -0.3 is 14.8 Å². The third-order valence-electron chi connectivity index (χ3n) is 4.89. The minimum Gasteiger partial charge on any atom is -0.493 e. The molecule has 9 heteroatoms. The van der Waals surface area contributed by atoms with Gasteiger partial charge in [0.1, 0.15) is 11.1 Å². The molecule has 32 heavy (non-hydrogen) atoms. The van der Waals surface area contributed by atoms with Crippen LogP contribution in [0.5, 0.6) is 11.5 Å². The van der Waals surface area contributed by atoms with Gasteiger partial charge in [0.05, 0.1) is 19.9 Å². The molecule has 1 fully saturated rings. The highest BCUT2D eigenvalue weighted by Crippen LogP contribution is 2.33. The summed E-state index contributed by atoms with van der Waals surface area (Å²) in [7, 11) is 3.15. The first-order valence-electron chi connectivity index (χ1n) is 10.2. The molecule has 0 radical (unpaired) electrons. The van der Waals surface area contributed by atoms with Crippen molar-refractivity contribution >= 4 is 34.4 Å². The summed E-state index contributed by atoms with van der Waals surface area (Å²) in [6, 6.07) is 11.4. The Bertz CT molecular complexity index is 997. The number of benzene rings is 2. The molecule has 7 nitrogen and oxygen atoms in total. The van der Waals surface area contributed by atoms with E-state index < -0.39 is 5.25 Å². The van der Waals surface area contributed by atoms with Gasteiger partial charge in [-0.3, -0.25) is 14.5 Å². The van der Waals surface area contributed by atoms with Gasteiger partial charge >= 0.3 is 0 Å². The van der Waals surface area contributed by atoms with Crippen LogP contribution < -0.4 is 14.8 Å². The van der Waals surface area contributed by atoms with Crippen LogP contribution >= 0.6 is 11.8 Å². The smallest absolute Gasteiger partial charge is 0.242 e. The Labute approximate surface area is 191 Å². The summed E-state index contributed by atoms with van der Waals surface area (Å²) in [4.78, 5) is 31.3. The summed E-state index contributed by atoms with van der Waals surface area (Å²) in [5.41, 5.74) is 1.50. The number of amides is 2. The molecule has 1 heterocycles. The number of hydrogen-bond donors (Lipinski definition) is 1. The van der Waals surface area contributed by atoms with E-state index in [2.05, 4.69) is 10.3 Å². The molecule has 2 amide bonds. The second kappa shape index (κ2) is 11.0. The maximum atomic E-state index is 13.3. The van der Waals surface area contributed by atoms with Crippen molar-refractivity contribution in [3.05, 3.63) is 53.8 Å². The molecule has 2 aromatic rings. The van der Waals surface area contributed by atoms with Gasteiger partial charge in [-0.05, 0) is 55.3 Å². The van der Waals surface area contributed by atoms with Crippen LogP contribution in [0.1, 0.15) is 18.9 Å². The molecule has 3 rings (SSSR count). The number of nitrogens with one attached hydrogen (secondary N) is 1. The van der Waals surface area contributed by atoms with E-state index in [1.807, 2.05) is 25.1 Å². The second-order valence-electron chi connectivity index (χ2n) is 7.06. The molecular formula is C23H26FN3O4S. The van der Waals surface area contributed by atoms with Crippen molar-refractivity contribution < 1.29 is 23.5 Å². The number of carbonyl (C=O) groups is 2. The van der Waals surface area contributed by atoms with Crippen LogP contribution in [0.15, 0.2) is 47.5 Å². The Kier molecular flexibility index (Phi) is 8.10. The molecule has 1 saturated heterocycles. The van der Waals surface area contributed by atoms with E-state index in [9.17, 15) is 14.0 Å². The lowest BCUT2D eigenvalue weighted by Crippen LogP contribution is -2.36. The summed E-state index contributed by atoms with van der Waals surface area (Å²) >= 11 is 1.26. The first-order valence-corrected chi connectivity index (χ1v) is 11.1. The molecule has 1 aliphatic rings. The van der Waals surface area contributed by atoms with Gasteiger partial charge in [0.2, 0.25) is 11.8 Å². The summed E-state index contributed by atoms with van der Waals surface area (Å²) in [6.45, 7) is 2.72. The minimum absolute atomic E-state index is 0.0760. The average molecular weight is 460 g/mol. The van der Waals surface area contributed by atoms with Crippen molar-refractivity contribution in [2.75, 3.05) is 27.3 Å². The molecule has 2 aromatic carbocycles. The van der Waals surface area contributed by atoms with E-state index in [1.54, 1.807) is 31.3 Å². The van der Waals surface area contributed by atoms with Gasteiger partial charge in [0.15, 0.2) is 16.7 Å². The summed E-state index contributed by atoms with van der Waals surface area (Å²) < 4.78 is 23.9. The highest BCUT2D eigenvalue weighted by atomic mass is 32.2. The van der Waals surface area contributed by atoms with E-state index in [-0.39, 0.29) is 24.1 Å². The van der Waals surface area contributed by atoms with E-state index in [0.717, 1.165) is 5.56 Å². The highest BCUT2D eigenvalue weighted by Gasteiger charge is 2.38. The molecule has 0 aromatic heterocycles. The Morgan fingerprint density at radius 1 is 1.16 bits per heavy atom. The maximum absolute atomic E-state index is 13.3. The van der Waals surface area contributed by atoms with Gasteiger partial charge in [-0.25, -0.2) is 9.38 Å². The fourth-order valence-electron chi connectivity index (χ4n) is 3.27. The van der Waals surface area contributed by atoms with Crippen molar-refractivity contribution in [3.8, 4) is 11.5 Å². The first kappa shape index (κ1) is 23.6. The number of amidine groups is 1. The molecule has 0 saturated carbocycles. The van der Waals surface area contributed by atoms with E-state index in [4.69, 9.17) is 9.47 Å². The third kappa shape index (κ3) is 5.79. The maximum Gasteiger partial charge on any atom is 0.242 e. The lowest BCUT2D eigenvalue weighted by atomic mass is 10.1. The Hall–Kier alpha value is -3.07. The molecule has 1 atom stereocenters. The van der Waals surface area contributed by atoms with E-state index in [0.29, 0.717) is 41.9 Å². The van der Waals surface area contributed by atoms with Crippen LogP contribution in [0, 0.1) is 5.82 Å². The molecule has 0 spiro atoms. The van der Waals surface area contributed by atoms with E-state index >= 15 is 0 Å². The van der Waals surface area contributed by atoms with Crippen LogP contribution in [0.25, 0.3) is 0 Å². The third-order valence-corrected chi connectivity index (χ3v) is 6.06. The number of nitrogens with zero attached hydrogens (tertiary/aromatic N) is 2. The quantitative estimate of drug-likeness (QED) is 0.621. The molecular weight excluding hydrogens is 433 g/mol. The van der Waals surface area contributed by atoms with Crippen LogP contribution in [-0.2, 0) is 16.0 Å². The van der Waals surface area contributed by atoms with Crippen LogP contribution in [0.2, 0.25) is 0 Å². The zero-order valence-electron chi connectivity index (χ0n) is 18.3. The normalized spacial score (nSPS) is 17.0. The molecule has 0 aliphatic carbocycles. The van der Waals surface area contributed by atoms with Crippen LogP contribution in [0.3, 0.4) is 0 Å². The van der Waals surface area contributed by atoms with Gasteiger partial charge in [-0.1, -0.05) is 17.8 Å². The Morgan fingerprint density at radius 2 is 1.88 bits per heavy atom. The van der Waals surface area contributed by atoms with Gasteiger partial charge in [0, 0.05) is 19.5 Å². The zero-order valence-corrected chi connectivity index (χ0v) is 19.1. The highest BCUT2D eigenvalue weighted by molar-refractivity contribution is 8.15. The fraction of sp³-hybridized carbons (Fsp3) is 0.348. The predicted molar refractivity (Wildman–Crippen MR) is 123 cm³/mol. The zero-order chi connectivity index (χ0) is 23.1. The number of methoxy groups -OCH3 is 2. The lowest BCUT2D eigenvalue weighted by Gasteiger charge is -2.17. The molecule has 170 valence electrons. The van der Waals surface area contributed by atoms with Crippen molar-refractivity contribution in [2.45, 2.75) is 25.0 Å². The van der Waals surface area contributed by atoms with Crippen LogP contribution in [-0.4, -0.2) is 54.4 Å². The molecule has 1 aliphatic heterocycles. The summed E-state index contributed by atoms with van der Waals surface area (Å²) in [5.74, 6) is 0.540. The second-order valence-corrected chi connectivity index (χ2v) is 8.23. The van der Waals surface area contributed by atoms with Crippen LogP contribution in [0.4, 0.5) is 10.1 Å². The monoisotopic (exact) mass is 459 g/mol. The Balaban J connectivity index is 1.81. The minimum atomic E-state index is -0.550. The largest absolute Gasteiger partial charge is 0.493 e. The summed E-state index contributed by atoms with van der Waals surface area (Å²) in [5, 5.41) is 2.68. The molecule has 0 bridgehead atoms. The van der Waals surface area contributed by atoms with Crippen molar-refractivity contribution in [3.63, 3.8) is 0 Å². The summed E-state index contributed by atoms with van der Waals surface area (Å²) in [6.07, 6.45) is 0.635. The number of ether oxygens (including phenoxy) is 2. The topological polar surface area (TPSA) is 80.2 Å². The number of thioether (sulfide) groups is 1. The number of aliphatic imine (C=N–C) groups is 1. The number of carbonyl (C=O) groups excluding carboxylic acids is 2. The molecule has 0 unspecified atom stereocenters. The van der Waals surface area contributed by atoms with Gasteiger partial charge in [-0.2, -0.15) is 0 Å². The average Bonchev–Trinajstić information content (AvgIpc) is 3.07. The van der Waals surface area contributed by atoms with Crippen molar-refractivity contribution in [2.24, 2.45) is 4.99 Å². The number of hydrogen-bond acceptors (Lipinski definition) is 6. The van der Waals surface area contributed by atoms with Crippen molar-refractivity contribution in [1.82, 2.24) is 10.2 Å². The predicted octanol–water partition coefficient (Wildman–Crippen LogP) is 3.54. The van der Waals surface area contributed by atoms with Crippen molar-refractivity contribution in [1.29, 1.82) is 0 Å². The standard InChI is InChI=1S/C23H26FN3O4S/c1-4-25-21(28)14-20-22(29)27(23(32-20)26-17-8-6-16(24)7-9-17)12-11-15-5-10-18(30-2)19(13-15)31-3/h5-10,13,20H,4,11-12,14H2,1-3H3,(H,25,28)/t20-/m0/s1. The Morgan fingerprint density at radius 3 is 2.53 bits per heavy atom. The number of halogens is 1. The number of rotatable bonds is 9. The first-order chi connectivity index (χ1) is 15.4. The van der Waals surface area contributed by atoms with Gasteiger partial charge in [-0.15, -0.1) is 0 Å². The fourth-order valence-corrected chi connectivity index (χ4v) is 4.46. The lowest BCUT2D eigenvalue weighted by molar-refractivity contribution is -0.129. The molecule has 1 N–H and O–H groups in total. The van der Waals surface area contributed by atoms with E-state index in [1.165, 1.54) is 23.9 Å². The SMILES string of the molecule is CCNC(=O)C[C@@H]1SC(=Nc2ccc(F)cc2)N(CCc2ccc(OC)c(OC)c2)C1=O.